The second-order valence-electron chi connectivity index (χ2n) is 5.06. The van der Waals surface area contributed by atoms with Crippen LogP contribution in [0.1, 0.15) is 36.5 Å². The smallest absolute Gasteiger partial charge is 0.0738 e. The van der Waals surface area contributed by atoms with Crippen molar-refractivity contribution < 1.29 is 0 Å². The molecule has 0 aliphatic heterocycles. The lowest BCUT2D eigenvalue weighted by Gasteiger charge is -2.19. The molecule has 0 saturated heterocycles. The van der Waals surface area contributed by atoms with Gasteiger partial charge in [0.15, 0.2) is 0 Å². The molecule has 6 heteroatoms. The Kier molecular flexibility index (Phi) is 4.99. The Hall–Kier alpha value is -1.14. The molecule has 2 rings (SSSR count). The van der Waals surface area contributed by atoms with Gasteiger partial charge in [-0.05, 0) is 41.9 Å². The molecule has 1 unspecified atom stereocenters. The molecule has 0 amide bonds. The Bertz CT molecular complexity index is 572. The Labute approximate surface area is 128 Å². The van der Waals surface area contributed by atoms with Gasteiger partial charge in [-0.1, -0.05) is 6.92 Å². The quantitative estimate of drug-likeness (QED) is 0.879. The average Bonchev–Trinajstić information content (AvgIpc) is 2.93. The number of aromatic nitrogens is 4. The minimum atomic E-state index is 0.244. The molecule has 0 saturated carbocycles. The number of hydrogen-bond acceptors (Lipinski definition) is 3. The fourth-order valence-electron chi connectivity index (χ4n) is 2.42. The number of halogens is 1. The Morgan fingerprint density at radius 2 is 2.10 bits per heavy atom. The number of aryl methyl sites for hydroxylation is 3. The summed E-state index contributed by atoms with van der Waals surface area (Å²) in [5, 5.41) is 12.3. The second kappa shape index (κ2) is 6.54. The van der Waals surface area contributed by atoms with Crippen LogP contribution in [0.15, 0.2) is 16.7 Å². The second-order valence-corrected chi connectivity index (χ2v) is 5.85. The van der Waals surface area contributed by atoms with Crippen molar-refractivity contribution in [3.05, 3.63) is 33.8 Å². The highest BCUT2D eigenvalue weighted by Gasteiger charge is 2.19. The molecule has 0 aliphatic rings. The predicted octanol–water partition coefficient (Wildman–Crippen LogP) is 2.51. The van der Waals surface area contributed by atoms with Gasteiger partial charge in [-0.2, -0.15) is 10.2 Å². The normalized spacial score (nSPS) is 12.8. The molecule has 0 aliphatic carbocycles. The fraction of sp³-hybridized carbons (Fsp3) is 0.571. The van der Waals surface area contributed by atoms with Gasteiger partial charge in [0, 0.05) is 26.7 Å². The predicted molar refractivity (Wildman–Crippen MR) is 83.6 cm³/mol. The van der Waals surface area contributed by atoms with E-state index >= 15 is 0 Å². The molecular weight excluding hydrogens is 318 g/mol. The van der Waals surface area contributed by atoms with E-state index in [0.29, 0.717) is 0 Å². The van der Waals surface area contributed by atoms with Crippen LogP contribution in [0.5, 0.6) is 0 Å². The van der Waals surface area contributed by atoms with Crippen molar-refractivity contribution in [2.75, 3.05) is 6.54 Å². The SMILES string of the molecule is CCCNC(Cc1c(Br)c(C)nn1C)c1ccnn1C. The molecule has 0 radical (unpaired) electrons. The van der Waals surface area contributed by atoms with Gasteiger partial charge in [0.25, 0.3) is 0 Å². The summed E-state index contributed by atoms with van der Waals surface area (Å²) in [7, 11) is 3.98. The molecule has 1 N–H and O–H groups in total. The van der Waals surface area contributed by atoms with Crippen LogP contribution >= 0.6 is 15.9 Å². The summed E-state index contributed by atoms with van der Waals surface area (Å²) in [5.74, 6) is 0. The third-order valence-corrected chi connectivity index (χ3v) is 4.55. The van der Waals surface area contributed by atoms with E-state index in [-0.39, 0.29) is 6.04 Å². The maximum Gasteiger partial charge on any atom is 0.0738 e. The van der Waals surface area contributed by atoms with Gasteiger partial charge in [0.1, 0.15) is 0 Å². The van der Waals surface area contributed by atoms with Crippen LogP contribution in [0, 0.1) is 6.92 Å². The first kappa shape index (κ1) is 15.3. The highest BCUT2D eigenvalue weighted by molar-refractivity contribution is 9.10. The first-order valence-corrected chi connectivity index (χ1v) is 7.73. The molecule has 0 fully saturated rings. The number of nitrogens with zero attached hydrogens (tertiary/aromatic N) is 4. The third kappa shape index (κ3) is 3.12. The molecule has 0 bridgehead atoms. The summed E-state index contributed by atoms with van der Waals surface area (Å²) in [6.45, 7) is 5.19. The zero-order valence-corrected chi connectivity index (χ0v) is 14.1. The van der Waals surface area contributed by atoms with Crippen molar-refractivity contribution in [3.8, 4) is 0 Å². The van der Waals surface area contributed by atoms with Crippen LogP contribution in [-0.2, 0) is 20.5 Å². The van der Waals surface area contributed by atoms with Crippen LogP contribution in [0.25, 0.3) is 0 Å². The summed E-state index contributed by atoms with van der Waals surface area (Å²) in [5.41, 5.74) is 3.43. The molecule has 1 atom stereocenters. The van der Waals surface area contributed by atoms with E-state index in [1.54, 1.807) is 0 Å². The Morgan fingerprint density at radius 3 is 2.60 bits per heavy atom. The first-order valence-electron chi connectivity index (χ1n) is 6.93. The van der Waals surface area contributed by atoms with E-state index in [9.17, 15) is 0 Å². The lowest BCUT2D eigenvalue weighted by Crippen LogP contribution is -2.27. The van der Waals surface area contributed by atoms with Crippen molar-refractivity contribution in [1.82, 2.24) is 24.9 Å². The van der Waals surface area contributed by atoms with E-state index in [0.717, 1.165) is 29.6 Å². The molecule has 20 heavy (non-hydrogen) atoms. The molecule has 110 valence electrons. The van der Waals surface area contributed by atoms with Crippen molar-refractivity contribution >= 4 is 15.9 Å². The maximum atomic E-state index is 4.47. The molecular formula is C14H22BrN5. The van der Waals surface area contributed by atoms with Crippen LogP contribution in [0.4, 0.5) is 0 Å². The van der Waals surface area contributed by atoms with Gasteiger partial charge in [-0.3, -0.25) is 9.36 Å². The van der Waals surface area contributed by atoms with Gasteiger partial charge < -0.3 is 5.32 Å². The zero-order chi connectivity index (χ0) is 14.7. The molecule has 0 spiro atoms. The summed E-state index contributed by atoms with van der Waals surface area (Å²) in [6.07, 6.45) is 3.84. The van der Waals surface area contributed by atoms with Crippen LogP contribution in [0.2, 0.25) is 0 Å². The average molecular weight is 340 g/mol. The minimum absolute atomic E-state index is 0.244. The highest BCUT2D eigenvalue weighted by atomic mass is 79.9. The van der Waals surface area contributed by atoms with E-state index in [4.69, 9.17) is 0 Å². The summed E-state index contributed by atoms with van der Waals surface area (Å²) in [6, 6.07) is 2.32. The molecule has 0 aromatic carbocycles. The lowest BCUT2D eigenvalue weighted by atomic mass is 10.1. The van der Waals surface area contributed by atoms with Crippen molar-refractivity contribution in [2.45, 2.75) is 32.7 Å². The van der Waals surface area contributed by atoms with Crippen molar-refractivity contribution in [1.29, 1.82) is 0 Å². The van der Waals surface area contributed by atoms with Gasteiger partial charge in [0.2, 0.25) is 0 Å². The summed E-state index contributed by atoms with van der Waals surface area (Å²) >= 11 is 3.65. The summed E-state index contributed by atoms with van der Waals surface area (Å²) < 4.78 is 4.99. The van der Waals surface area contributed by atoms with Crippen LogP contribution in [-0.4, -0.2) is 26.1 Å². The van der Waals surface area contributed by atoms with E-state index in [2.05, 4.69) is 44.4 Å². The minimum Gasteiger partial charge on any atom is -0.308 e. The summed E-state index contributed by atoms with van der Waals surface area (Å²) in [4.78, 5) is 0. The highest BCUT2D eigenvalue weighted by Crippen LogP contribution is 2.25. The van der Waals surface area contributed by atoms with E-state index < -0.39 is 0 Å². The van der Waals surface area contributed by atoms with Crippen LogP contribution in [0.3, 0.4) is 0 Å². The third-order valence-electron chi connectivity index (χ3n) is 3.52. The van der Waals surface area contributed by atoms with Crippen molar-refractivity contribution in [3.63, 3.8) is 0 Å². The number of hydrogen-bond donors (Lipinski definition) is 1. The zero-order valence-electron chi connectivity index (χ0n) is 12.5. The van der Waals surface area contributed by atoms with E-state index in [1.165, 1.54) is 11.4 Å². The van der Waals surface area contributed by atoms with Gasteiger partial charge in [0.05, 0.1) is 27.6 Å². The van der Waals surface area contributed by atoms with Gasteiger partial charge >= 0.3 is 0 Å². The topological polar surface area (TPSA) is 47.7 Å². The standard InChI is InChI=1S/C14H22BrN5/c1-5-7-16-11(12-6-8-17-19(12)3)9-13-14(15)10(2)18-20(13)4/h6,8,11,16H,5,7,9H2,1-4H3. The molecule has 2 aromatic heterocycles. The molecule has 2 aromatic rings. The van der Waals surface area contributed by atoms with Crippen LogP contribution < -0.4 is 5.32 Å². The first-order chi connectivity index (χ1) is 9.54. The molecule has 2 heterocycles. The number of rotatable bonds is 6. The largest absolute Gasteiger partial charge is 0.308 e. The number of nitrogens with one attached hydrogen (secondary N) is 1. The monoisotopic (exact) mass is 339 g/mol. The Balaban J connectivity index is 2.26. The van der Waals surface area contributed by atoms with Gasteiger partial charge in [-0.25, -0.2) is 0 Å². The van der Waals surface area contributed by atoms with Crippen molar-refractivity contribution in [2.24, 2.45) is 14.1 Å². The molecule has 5 nitrogen and oxygen atoms in total. The maximum absolute atomic E-state index is 4.47. The van der Waals surface area contributed by atoms with E-state index in [1.807, 2.05) is 36.6 Å². The van der Waals surface area contributed by atoms with Gasteiger partial charge in [-0.15, -0.1) is 0 Å². The Morgan fingerprint density at radius 1 is 1.35 bits per heavy atom. The fourth-order valence-corrected chi connectivity index (χ4v) is 2.92. The lowest BCUT2D eigenvalue weighted by molar-refractivity contribution is 0.480.